The van der Waals surface area contributed by atoms with Gasteiger partial charge in [-0.1, -0.05) is 35.6 Å². The Balaban J connectivity index is 1.67. The number of nitrogens with one attached hydrogen (secondary N) is 1. The molecule has 0 unspecified atom stereocenters. The summed E-state index contributed by atoms with van der Waals surface area (Å²) < 4.78 is 1.08. The summed E-state index contributed by atoms with van der Waals surface area (Å²) in [4.78, 5) is 17.7. The third-order valence-corrected chi connectivity index (χ3v) is 4.76. The lowest BCUT2D eigenvalue weighted by Gasteiger charge is -2.03. The van der Waals surface area contributed by atoms with Crippen LogP contribution >= 0.6 is 23.1 Å². The minimum Gasteiger partial charge on any atom is -0.302 e. The molecule has 21 heavy (non-hydrogen) atoms. The minimum absolute atomic E-state index is 0.0362. The van der Waals surface area contributed by atoms with Gasteiger partial charge in [-0.2, -0.15) is 0 Å². The number of nitrogens with zero attached hydrogens (tertiary/aromatic N) is 1. The Morgan fingerprint density at radius 3 is 2.67 bits per heavy atom. The van der Waals surface area contributed by atoms with Crippen molar-refractivity contribution in [3.8, 4) is 0 Å². The average molecular weight is 314 g/mol. The Morgan fingerprint density at radius 2 is 1.95 bits per heavy atom. The molecule has 0 aliphatic rings. The molecule has 0 spiro atoms. The number of thiazole rings is 1. The number of fused-ring (bicyclic) bond motifs is 1. The van der Waals surface area contributed by atoms with E-state index in [9.17, 15) is 4.79 Å². The highest BCUT2D eigenvalue weighted by Gasteiger charge is 2.08. The van der Waals surface area contributed by atoms with Crippen molar-refractivity contribution in [2.24, 2.45) is 0 Å². The van der Waals surface area contributed by atoms with E-state index in [1.807, 2.05) is 54.8 Å². The molecule has 0 saturated carbocycles. The molecule has 0 atom stereocenters. The Kier molecular flexibility index (Phi) is 4.22. The maximum Gasteiger partial charge on any atom is 0.230 e. The number of hydrogen-bond acceptors (Lipinski definition) is 4. The fourth-order valence-electron chi connectivity index (χ4n) is 2.02. The number of hydrogen-bond donors (Lipinski definition) is 1. The molecule has 1 amide bonds. The topological polar surface area (TPSA) is 42.0 Å². The van der Waals surface area contributed by atoms with Crippen LogP contribution in [0.3, 0.4) is 0 Å². The number of thioether (sulfide) groups is 1. The summed E-state index contributed by atoms with van der Waals surface area (Å²) in [5.74, 6) is -0.0362. The van der Waals surface area contributed by atoms with Gasteiger partial charge in [-0.3, -0.25) is 4.79 Å². The average Bonchev–Trinajstić information content (AvgIpc) is 2.90. The Morgan fingerprint density at radius 1 is 1.19 bits per heavy atom. The van der Waals surface area contributed by atoms with Crippen LogP contribution in [0.5, 0.6) is 0 Å². The van der Waals surface area contributed by atoms with Gasteiger partial charge in [0.25, 0.3) is 0 Å². The Hall–Kier alpha value is -1.85. The lowest BCUT2D eigenvalue weighted by molar-refractivity contribution is -0.115. The summed E-state index contributed by atoms with van der Waals surface area (Å²) in [5, 5.41) is 3.53. The molecule has 3 nitrogen and oxygen atoms in total. The quantitative estimate of drug-likeness (QED) is 0.734. The van der Waals surface area contributed by atoms with Crippen LogP contribution in [0.4, 0.5) is 5.13 Å². The van der Waals surface area contributed by atoms with E-state index < -0.39 is 0 Å². The van der Waals surface area contributed by atoms with E-state index in [2.05, 4.69) is 10.3 Å². The number of para-hydroxylation sites is 1. The molecule has 0 radical (unpaired) electrons. The molecule has 3 aromatic rings. The summed E-state index contributed by atoms with van der Waals surface area (Å²) in [5.41, 5.74) is 1.92. The van der Waals surface area contributed by atoms with Gasteiger partial charge in [0, 0.05) is 4.90 Å². The maximum atomic E-state index is 12.1. The number of carbonyl (C=O) groups excluding carboxylic acids is 1. The second kappa shape index (κ2) is 6.28. The van der Waals surface area contributed by atoms with Crippen LogP contribution in [-0.2, 0) is 11.2 Å². The second-order valence-electron chi connectivity index (χ2n) is 4.56. The van der Waals surface area contributed by atoms with Crippen molar-refractivity contribution in [2.45, 2.75) is 11.3 Å². The van der Waals surface area contributed by atoms with Gasteiger partial charge in [0.15, 0.2) is 5.13 Å². The molecule has 3 rings (SSSR count). The lowest BCUT2D eigenvalue weighted by atomic mass is 10.1. The molecule has 1 heterocycles. The smallest absolute Gasteiger partial charge is 0.230 e. The Labute approximate surface area is 131 Å². The first-order chi connectivity index (χ1) is 10.2. The zero-order valence-electron chi connectivity index (χ0n) is 11.5. The van der Waals surface area contributed by atoms with Crippen molar-refractivity contribution >= 4 is 44.4 Å². The summed E-state index contributed by atoms with van der Waals surface area (Å²) in [6.07, 6.45) is 2.40. The van der Waals surface area contributed by atoms with Gasteiger partial charge >= 0.3 is 0 Å². The van der Waals surface area contributed by atoms with E-state index in [1.165, 1.54) is 16.2 Å². The van der Waals surface area contributed by atoms with Crippen LogP contribution in [0.1, 0.15) is 5.56 Å². The zero-order valence-corrected chi connectivity index (χ0v) is 13.1. The Bertz CT molecular complexity index is 732. The number of benzene rings is 2. The van der Waals surface area contributed by atoms with Crippen molar-refractivity contribution < 1.29 is 4.79 Å². The van der Waals surface area contributed by atoms with Gasteiger partial charge in [-0.05, 0) is 36.1 Å². The molecular formula is C16H14N2OS2. The maximum absolute atomic E-state index is 12.1. The van der Waals surface area contributed by atoms with Gasteiger partial charge in [0.2, 0.25) is 5.91 Å². The SMILES string of the molecule is CSc1ccc(CC(=O)Nc2nc3ccccc3s2)cc1. The van der Waals surface area contributed by atoms with Crippen molar-refractivity contribution in [3.63, 3.8) is 0 Å². The van der Waals surface area contributed by atoms with E-state index in [-0.39, 0.29) is 5.91 Å². The van der Waals surface area contributed by atoms with Crippen LogP contribution < -0.4 is 5.32 Å². The molecule has 1 N–H and O–H groups in total. The number of anilines is 1. The summed E-state index contributed by atoms with van der Waals surface area (Å²) in [6.45, 7) is 0. The first-order valence-electron chi connectivity index (χ1n) is 6.53. The van der Waals surface area contributed by atoms with E-state index in [0.717, 1.165) is 15.8 Å². The first-order valence-corrected chi connectivity index (χ1v) is 8.57. The zero-order chi connectivity index (χ0) is 14.7. The third-order valence-electron chi connectivity index (χ3n) is 3.06. The summed E-state index contributed by atoms with van der Waals surface area (Å²) in [7, 11) is 0. The molecule has 2 aromatic carbocycles. The van der Waals surface area contributed by atoms with Crippen molar-refractivity contribution in [1.82, 2.24) is 4.98 Å². The number of amides is 1. The highest BCUT2D eigenvalue weighted by Crippen LogP contribution is 2.25. The molecule has 5 heteroatoms. The van der Waals surface area contributed by atoms with Gasteiger partial charge in [-0.25, -0.2) is 4.98 Å². The molecular weight excluding hydrogens is 300 g/mol. The fraction of sp³-hybridized carbons (Fsp3) is 0.125. The number of aromatic nitrogens is 1. The predicted octanol–water partition coefficient (Wildman–Crippen LogP) is 4.20. The summed E-state index contributed by atoms with van der Waals surface area (Å²) >= 11 is 3.19. The van der Waals surface area contributed by atoms with Gasteiger partial charge < -0.3 is 5.32 Å². The van der Waals surface area contributed by atoms with Crippen molar-refractivity contribution in [1.29, 1.82) is 0 Å². The van der Waals surface area contributed by atoms with E-state index in [0.29, 0.717) is 11.6 Å². The number of carbonyl (C=O) groups is 1. The van der Waals surface area contributed by atoms with Crippen LogP contribution in [0.25, 0.3) is 10.2 Å². The number of rotatable bonds is 4. The monoisotopic (exact) mass is 314 g/mol. The molecule has 106 valence electrons. The molecule has 0 fully saturated rings. The van der Waals surface area contributed by atoms with Gasteiger partial charge in [0.05, 0.1) is 16.6 Å². The standard InChI is InChI=1S/C16H14N2OS2/c1-20-12-8-6-11(7-9-12)10-15(19)18-16-17-13-4-2-3-5-14(13)21-16/h2-9H,10H2,1H3,(H,17,18,19). The predicted molar refractivity (Wildman–Crippen MR) is 90.2 cm³/mol. The van der Waals surface area contributed by atoms with Crippen LogP contribution in [-0.4, -0.2) is 17.1 Å². The van der Waals surface area contributed by atoms with Crippen LogP contribution in [0.15, 0.2) is 53.4 Å². The molecule has 0 aliphatic carbocycles. The molecule has 0 saturated heterocycles. The highest BCUT2D eigenvalue weighted by molar-refractivity contribution is 7.98. The van der Waals surface area contributed by atoms with Crippen LogP contribution in [0, 0.1) is 0 Å². The first kappa shape index (κ1) is 14.1. The van der Waals surface area contributed by atoms with Crippen molar-refractivity contribution in [2.75, 3.05) is 11.6 Å². The fourth-order valence-corrected chi connectivity index (χ4v) is 3.31. The van der Waals surface area contributed by atoms with Crippen molar-refractivity contribution in [3.05, 3.63) is 54.1 Å². The van der Waals surface area contributed by atoms with Gasteiger partial charge in [0.1, 0.15) is 0 Å². The third kappa shape index (κ3) is 3.43. The molecule has 1 aromatic heterocycles. The normalized spacial score (nSPS) is 10.7. The minimum atomic E-state index is -0.0362. The van der Waals surface area contributed by atoms with Crippen LogP contribution in [0.2, 0.25) is 0 Å². The van der Waals surface area contributed by atoms with E-state index in [1.54, 1.807) is 11.8 Å². The molecule has 0 aliphatic heterocycles. The molecule has 0 bridgehead atoms. The van der Waals surface area contributed by atoms with E-state index in [4.69, 9.17) is 0 Å². The largest absolute Gasteiger partial charge is 0.302 e. The van der Waals surface area contributed by atoms with Gasteiger partial charge in [-0.15, -0.1) is 11.8 Å². The highest BCUT2D eigenvalue weighted by atomic mass is 32.2. The lowest BCUT2D eigenvalue weighted by Crippen LogP contribution is -2.14. The second-order valence-corrected chi connectivity index (χ2v) is 6.47. The summed E-state index contributed by atoms with van der Waals surface area (Å²) in [6, 6.07) is 15.9. The van der Waals surface area contributed by atoms with E-state index >= 15 is 0 Å².